The Morgan fingerprint density at radius 1 is 1.20 bits per heavy atom. The summed E-state index contributed by atoms with van der Waals surface area (Å²) in [6.07, 6.45) is 6.87. The second kappa shape index (κ2) is 5.66. The molecule has 0 spiro atoms. The molecule has 0 aromatic carbocycles. The smallest absolute Gasteiger partial charge is 0.146 e. The molecule has 1 aliphatic carbocycles. The van der Waals surface area contributed by atoms with E-state index in [1.54, 1.807) is 4.68 Å². The summed E-state index contributed by atoms with van der Waals surface area (Å²) in [6.45, 7) is 9.18. The molecule has 4 N–H and O–H groups in total. The topological polar surface area (TPSA) is 69.9 Å². The molecule has 1 saturated carbocycles. The van der Waals surface area contributed by atoms with Crippen molar-refractivity contribution >= 4 is 5.82 Å². The Balaban J connectivity index is 2.09. The fourth-order valence-corrected chi connectivity index (χ4v) is 3.45. The molecule has 1 fully saturated rings. The van der Waals surface area contributed by atoms with Crippen LogP contribution in [0.4, 0.5) is 5.82 Å². The molecule has 0 amide bonds. The summed E-state index contributed by atoms with van der Waals surface area (Å²) in [5.41, 5.74) is 7.62. The van der Waals surface area contributed by atoms with E-state index >= 15 is 0 Å². The minimum atomic E-state index is 0.414. The molecule has 20 heavy (non-hydrogen) atoms. The molecule has 2 rings (SSSR count). The third kappa shape index (κ3) is 2.94. The first kappa shape index (κ1) is 15.2. The molecule has 114 valence electrons. The van der Waals surface area contributed by atoms with Crippen molar-refractivity contribution in [2.24, 2.45) is 11.3 Å². The van der Waals surface area contributed by atoms with Gasteiger partial charge in [0, 0.05) is 12.3 Å². The Morgan fingerprint density at radius 3 is 2.30 bits per heavy atom. The lowest BCUT2D eigenvalue weighted by molar-refractivity contribution is 0.168. The highest BCUT2D eigenvalue weighted by molar-refractivity contribution is 5.41. The number of rotatable bonds is 3. The highest BCUT2D eigenvalue weighted by atomic mass is 15.4. The maximum absolute atomic E-state index is 6.16. The van der Waals surface area contributed by atoms with Crippen molar-refractivity contribution < 1.29 is 0 Å². The van der Waals surface area contributed by atoms with E-state index in [1.807, 2.05) is 0 Å². The van der Waals surface area contributed by atoms with Crippen LogP contribution in [0.2, 0.25) is 0 Å². The molecular formula is C16H30N4. The predicted octanol–water partition coefficient (Wildman–Crippen LogP) is 3.45. The average molecular weight is 278 g/mol. The third-order valence-corrected chi connectivity index (χ3v) is 4.86. The fourth-order valence-electron chi connectivity index (χ4n) is 3.45. The average Bonchev–Trinajstić information content (AvgIpc) is 2.67. The third-order valence-electron chi connectivity index (χ3n) is 4.86. The van der Waals surface area contributed by atoms with Gasteiger partial charge in [0.2, 0.25) is 0 Å². The summed E-state index contributed by atoms with van der Waals surface area (Å²) in [4.78, 5) is 4.72. The number of anilines is 1. The zero-order valence-corrected chi connectivity index (χ0v) is 13.4. The highest BCUT2D eigenvalue weighted by Crippen LogP contribution is 2.43. The quantitative estimate of drug-likeness (QED) is 0.832. The van der Waals surface area contributed by atoms with Crippen molar-refractivity contribution in [2.45, 2.75) is 72.1 Å². The summed E-state index contributed by atoms with van der Waals surface area (Å²) < 4.78 is 1.59. The van der Waals surface area contributed by atoms with Gasteiger partial charge in [-0.05, 0) is 43.4 Å². The summed E-state index contributed by atoms with van der Waals surface area (Å²) in [5.74, 6) is 8.93. The van der Waals surface area contributed by atoms with Crippen LogP contribution in [0.5, 0.6) is 0 Å². The van der Waals surface area contributed by atoms with Crippen molar-refractivity contribution in [3.8, 4) is 0 Å². The van der Waals surface area contributed by atoms with Crippen LogP contribution in [-0.4, -0.2) is 9.66 Å². The number of hydrogen-bond acceptors (Lipinski definition) is 3. The number of aromatic nitrogens is 2. The maximum Gasteiger partial charge on any atom is 0.146 e. The van der Waals surface area contributed by atoms with Gasteiger partial charge in [0.1, 0.15) is 11.6 Å². The van der Waals surface area contributed by atoms with Crippen LogP contribution < -0.4 is 11.6 Å². The lowest BCUT2D eigenvalue weighted by atomic mass is 9.69. The normalized spacial score (nSPS) is 24.0. The lowest BCUT2D eigenvalue weighted by Gasteiger charge is -2.36. The summed E-state index contributed by atoms with van der Waals surface area (Å²) >= 11 is 0. The van der Waals surface area contributed by atoms with Gasteiger partial charge in [-0.25, -0.2) is 9.66 Å². The number of nitrogens with two attached hydrogens (primary N) is 2. The van der Waals surface area contributed by atoms with Crippen molar-refractivity contribution in [3.05, 3.63) is 11.5 Å². The van der Waals surface area contributed by atoms with Gasteiger partial charge < -0.3 is 11.6 Å². The second-order valence-corrected chi connectivity index (χ2v) is 7.33. The van der Waals surface area contributed by atoms with Crippen LogP contribution in [0.1, 0.15) is 77.2 Å². The molecule has 0 bridgehead atoms. The number of imidazole rings is 1. The van der Waals surface area contributed by atoms with E-state index < -0.39 is 0 Å². The predicted molar refractivity (Wildman–Crippen MR) is 84.9 cm³/mol. The minimum Gasteiger partial charge on any atom is -0.382 e. The number of nitrogens with zero attached hydrogens (tertiary/aromatic N) is 2. The Bertz CT molecular complexity index is 448. The summed E-state index contributed by atoms with van der Waals surface area (Å²) in [5, 5.41) is 0. The largest absolute Gasteiger partial charge is 0.382 e. The van der Waals surface area contributed by atoms with E-state index in [9.17, 15) is 0 Å². The van der Waals surface area contributed by atoms with Gasteiger partial charge in [0.15, 0.2) is 0 Å². The van der Waals surface area contributed by atoms with Crippen LogP contribution in [0.25, 0.3) is 0 Å². The maximum atomic E-state index is 6.16. The second-order valence-electron chi connectivity index (χ2n) is 7.33. The highest BCUT2D eigenvalue weighted by Gasteiger charge is 2.32. The molecule has 1 heterocycles. The number of aryl methyl sites for hydroxylation is 1. The van der Waals surface area contributed by atoms with E-state index in [0.29, 0.717) is 17.2 Å². The van der Waals surface area contributed by atoms with Crippen LogP contribution in [0.3, 0.4) is 0 Å². The van der Waals surface area contributed by atoms with E-state index in [-0.39, 0.29) is 0 Å². The molecule has 4 heteroatoms. The Kier molecular flexibility index (Phi) is 4.31. The van der Waals surface area contributed by atoms with Gasteiger partial charge in [-0.3, -0.25) is 0 Å². The molecule has 1 aliphatic rings. The van der Waals surface area contributed by atoms with E-state index in [1.165, 1.54) is 25.7 Å². The summed E-state index contributed by atoms with van der Waals surface area (Å²) in [6, 6.07) is 0. The molecular weight excluding hydrogens is 248 g/mol. The van der Waals surface area contributed by atoms with Gasteiger partial charge in [-0.15, -0.1) is 0 Å². The van der Waals surface area contributed by atoms with E-state index in [2.05, 4.69) is 27.7 Å². The van der Waals surface area contributed by atoms with E-state index in [4.69, 9.17) is 16.6 Å². The Morgan fingerprint density at radius 2 is 1.80 bits per heavy atom. The first-order chi connectivity index (χ1) is 9.34. The Hall–Kier alpha value is -1.19. The zero-order chi connectivity index (χ0) is 14.9. The monoisotopic (exact) mass is 278 g/mol. The van der Waals surface area contributed by atoms with Gasteiger partial charge in [0.25, 0.3) is 0 Å². The van der Waals surface area contributed by atoms with Crippen LogP contribution in [0, 0.1) is 11.3 Å². The van der Waals surface area contributed by atoms with Crippen molar-refractivity contribution in [1.82, 2.24) is 9.66 Å². The zero-order valence-electron chi connectivity index (χ0n) is 13.4. The molecule has 0 aliphatic heterocycles. The van der Waals surface area contributed by atoms with Gasteiger partial charge in [0.05, 0.1) is 5.69 Å². The summed E-state index contributed by atoms with van der Waals surface area (Å²) in [7, 11) is 0. The number of hydrogen-bond donors (Lipinski definition) is 2. The van der Waals surface area contributed by atoms with Crippen LogP contribution in [-0.2, 0) is 6.42 Å². The van der Waals surface area contributed by atoms with Gasteiger partial charge in [-0.1, -0.05) is 27.7 Å². The standard InChI is InChI=1S/C16H30N4/c1-5-6-13-19-14(15(17)20(13)18)11-7-9-12(10-8-11)16(2,3)4/h11-12H,5-10,17-18H2,1-4H3. The molecule has 1 aromatic rings. The first-order valence-corrected chi connectivity index (χ1v) is 7.96. The lowest BCUT2D eigenvalue weighted by Crippen LogP contribution is -2.25. The van der Waals surface area contributed by atoms with Crippen molar-refractivity contribution in [2.75, 3.05) is 11.6 Å². The van der Waals surface area contributed by atoms with Crippen molar-refractivity contribution in [3.63, 3.8) is 0 Å². The van der Waals surface area contributed by atoms with Crippen LogP contribution >= 0.6 is 0 Å². The van der Waals surface area contributed by atoms with E-state index in [0.717, 1.165) is 30.3 Å². The van der Waals surface area contributed by atoms with Crippen molar-refractivity contribution in [1.29, 1.82) is 0 Å². The number of nitrogen functional groups attached to an aromatic ring is 2. The molecule has 0 radical (unpaired) electrons. The van der Waals surface area contributed by atoms with Gasteiger partial charge >= 0.3 is 0 Å². The molecule has 0 saturated heterocycles. The first-order valence-electron chi connectivity index (χ1n) is 7.96. The molecule has 0 atom stereocenters. The molecule has 4 nitrogen and oxygen atoms in total. The Labute approximate surface area is 122 Å². The minimum absolute atomic E-state index is 0.414. The fraction of sp³-hybridized carbons (Fsp3) is 0.812. The molecule has 0 unspecified atom stereocenters. The van der Waals surface area contributed by atoms with Gasteiger partial charge in [-0.2, -0.15) is 0 Å². The van der Waals surface area contributed by atoms with Crippen LogP contribution in [0.15, 0.2) is 0 Å². The molecule has 1 aromatic heterocycles. The SMILES string of the molecule is CCCc1nc(C2CCC(C(C)(C)C)CC2)c(N)n1N.